The zero-order chi connectivity index (χ0) is 16.2. The number of benzene rings is 2. The molecule has 0 aliphatic heterocycles. The van der Waals surface area contributed by atoms with Gasteiger partial charge in [-0.25, -0.2) is 4.79 Å². The molecule has 2 N–H and O–H groups in total. The van der Waals surface area contributed by atoms with Gasteiger partial charge < -0.3 is 15.2 Å². The summed E-state index contributed by atoms with van der Waals surface area (Å²) >= 11 is 0. The lowest BCUT2D eigenvalue weighted by atomic mass is 10.1. The van der Waals surface area contributed by atoms with Gasteiger partial charge in [0, 0.05) is 11.6 Å². The molecule has 5 nitrogen and oxygen atoms in total. The second kappa shape index (κ2) is 6.36. The Morgan fingerprint density at radius 1 is 1.13 bits per heavy atom. The number of rotatable bonds is 4. The summed E-state index contributed by atoms with van der Waals surface area (Å²) in [5.41, 5.74) is 7.41. The Balaban J connectivity index is 2.00. The Morgan fingerprint density at radius 2 is 1.91 bits per heavy atom. The number of pyridine rings is 1. The molecule has 5 heteroatoms. The average molecular weight is 308 g/mol. The first-order valence-electron chi connectivity index (χ1n) is 7.27. The number of anilines is 1. The van der Waals surface area contributed by atoms with E-state index >= 15 is 0 Å². The number of nitrogens with two attached hydrogens (primary N) is 1. The molecule has 0 amide bonds. The fraction of sp³-hybridized carbons (Fsp3) is 0.111. The highest BCUT2D eigenvalue weighted by molar-refractivity contribution is 6.04. The highest BCUT2D eigenvalue weighted by atomic mass is 16.5. The van der Waals surface area contributed by atoms with Crippen LogP contribution < -0.4 is 10.5 Å². The summed E-state index contributed by atoms with van der Waals surface area (Å²) < 4.78 is 10.8. The molecule has 0 aliphatic carbocycles. The summed E-state index contributed by atoms with van der Waals surface area (Å²) in [6.07, 6.45) is 1.44. The van der Waals surface area contributed by atoms with Crippen molar-refractivity contribution in [2.24, 2.45) is 0 Å². The van der Waals surface area contributed by atoms with Crippen LogP contribution in [0.1, 0.15) is 17.3 Å². The van der Waals surface area contributed by atoms with E-state index in [1.54, 1.807) is 19.1 Å². The lowest BCUT2D eigenvalue weighted by molar-refractivity contribution is 0.0527. The molecular weight excluding hydrogens is 292 g/mol. The number of nitrogen functional groups attached to an aromatic ring is 1. The summed E-state index contributed by atoms with van der Waals surface area (Å²) in [7, 11) is 0. The molecule has 0 saturated heterocycles. The van der Waals surface area contributed by atoms with Crippen molar-refractivity contribution in [1.29, 1.82) is 0 Å². The van der Waals surface area contributed by atoms with Crippen LogP contribution >= 0.6 is 0 Å². The van der Waals surface area contributed by atoms with E-state index < -0.39 is 5.97 Å². The van der Waals surface area contributed by atoms with Crippen LogP contribution in [0.25, 0.3) is 10.9 Å². The number of esters is 1. The molecule has 3 rings (SSSR count). The summed E-state index contributed by atoms with van der Waals surface area (Å²) in [4.78, 5) is 16.2. The highest BCUT2D eigenvalue weighted by Crippen LogP contribution is 2.29. The van der Waals surface area contributed by atoms with Crippen LogP contribution in [-0.2, 0) is 4.74 Å². The van der Waals surface area contributed by atoms with Gasteiger partial charge in [0.25, 0.3) is 0 Å². The maximum atomic E-state index is 11.9. The molecule has 0 saturated carbocycles. The highest BCUT2D eigenvalue weighted by Gasteiger charge is 2.14. The topological polar surface area (TPSA) is 74.4 Å². The van der Waals surface area contributed by atoms with Gasteiger partial charge in [-0.15, -0.1) is 0 Å². The second-order valence-electron chi connectivity index (χ2n) is 4.90. The standard InChI is InChI=1S/C18H16N2O3/c1-2-22-18(21)15-11-20-16-9-8-13(10-14(16)17(15)19)23-12-6-4-3-5-7-12/h3-11H,2H2,1H3,(H2,19,20). The van der Waals surface area contributed by atoms with E-state index in [1.165, 1.54) is 6.20 Å². The molecule has 3 aromatic rings. The van der Waals surface area contributed by atoms with Gasteiger partial charge in [0.2, 0.25) is 0 Å². The Morgan fingerprint density at radius 3 is 2.65 bits per heavy atom. The first-order chi connectivity index (χ1) is 11.2. The number of para-hydroxylation sites is 1. The molecule has 116 valence electrons. The molecule has 0 radical (unpaired) electrons. The zero-order valence-corrected chi connectivity index (χ0v) is 12.7. The Hall–Kier alpha value is -3.08. The van der Waals surface area contributed by atoms with Crippen LogP contribution in [0.2, 0.25) is 0 Å². The lowest BCUT2D eigenvalue weighted by Crippen LogP contribution is -2.09. The van der Waals surface area contributed by atoms with Gasteiger partial charge in [-0.3, -0.25) is 4.98 Å². The van der Waals surface area contributed by atoms with Crippen LogP contribution in [0.15, 0.2) is 54.7 Å². The third-order valence-corrected chi connectivity index (χ3v) is 3.36. The summed E-state index contributed by atoms with van der Waals surface area (Å²) in [6.45, 7) is 2.03. The van der Waals surface area contributed by atoms with Crippen LogP contribution in [0, 0.1) is 0 Å². The predicted molar refractivity (Wildman–Crippen MR) is 88.6 cm³/mol. The van der Waals surface area contributed by atoms with Crippen molar-refractivity contribution >= 4 is 22.6 Å². The monoisotopic (exact) mass is 308 g/mol. The van der Waals surface area contributed by atoms with Gasteiger partial charge in [0.1, 0.15) is 17.1 Å². The molecular formula is C18H16N2O3. The van der Waals surface area contributed by atoms with Crippen molar-refractivity contribution in [2.45, 2.75) is 6.92 Å². The minimum absolute atomic E-state index is 0.260. The molecule has 1 heterocycles. The second-order valence-corrected chi connectivity index (χ2v) is 4.90. The van der Waals surface area contributed by atoms with E-state index in [4.69, 9.17) is 15.2 Å². The quantitative estimate of drug-likeness (QED) is 0.742. The number of hydrogen-bond acceptors (Lipinski definition) is 5. The Labute approximate surface area is 133 Å². The molecule has 1 aromatic heterocycles. The summed E-state index contributed by atoms with van der Waals surface area (Å²) in [5, 5.41) is 0.656. The normalized spacial score (nSPS) is 10.5. The Kier molecular flexibility index (Phi) is 4.10. The van der Waals surface area contributed by atoms with Gasteiger partial charge >= 0.3 is 5.97 Å². The first kappa shape index (κ1) is 14.8. The smallest absolute Gasteiger partial charge is 0.341 e. The van der Waals surface area contributed by atoms with Crippen molar-refractivity contribution in [2.75, 3.05) is 12.3 Å². The number of carbonyl (C=O) groups is 1. The molecule has 0 bridgehead atoms. The molecule has 0 fully saturated rings. The maximum Gasteiger partial charge on any atom is 0.341 e. The summed E-state index contributed by atoms with van der Waals surface area (Å²) in [6, 6.07) is 14.8. The van der Waals surface area contributed by atoms with Crippen molar-refractivity contribution in [1.82, 2.24) is 4.98 Å². The van der Waals surface area contributed by atoms with Crippen LogP contribution in [0.5, 0.6) is 11.5 Å². The third-order valence-electron chi connectivity index (χ3n) is 3.36. The number of aromatic nitrogens is 1. The van der Waals surface area contributed by atoms with E-state index in [2.05, 4.69) is 4.98 Å². The molecule has 2 aromatic carbocycles. The Bertz CT molecular complexity index is 848. The van der Waals surface area contributed by atoms with Gasteiger partial charge in [-0.05, 0) is 37.3 Å². The van der Waals surface area contributed by atoms with E-state index in [9.17, 15) is 4.79 Å². The minimum Gasteiger partial charge on any atom is -0.462 e. The SMILES string of the molecule is CCOC(=O)c1cnc2ccc(Oc3ccccc3)cc2c1N. The molecule has 0 atom stereocenters. The number of nitrogens with zero attached hydrogens (tertiary/aromatic N) is 1. The fourth-order valence-corrected chi connectivity index (χ4v) is 2.25. The van der Waals surface area contributed by atoms with Crippen molar-refractivity contribution in [3.63, 3.8) is 0 Å². The predicted octanol–water partition coefficient (Wildman–Crippen LogP) is 3.79. The van der Waals surface area contributed by atoms with Crippen molar-refractivity contribution in [3.05, 3.63) is 60.3 Å². The summed E-state index contributed by atoms with van der Waals surface area (Å²) in [5.74, 6) is 0.868. The first-order valence-corrected chi connectivity index (χ1v) is 7.27. The number of hydrogen-bond donors (Lipinski definition) is 1. The van der Waals surface area contributed by atoms with Crippen molar-refractivity contribution in [3.8, 4) is 11.5 Å². The molecule has 0 aliphatic rings. The maximum absolute atomic E-state index is 11.9. The number of carbonyl (C=O) groups excluding carboxylic acids is 1. The van der Waals surface area contributed by atoms with Crippen LogP contribution in [0.4, 0.5) is 5.69 Å². The average Bonchev–Trinajstić information content (AvgIpc) is 2.57. The van der Waals surface area contributed by atoms with Crippen LogP contribution in [-0.4, -0.2) is 17.6 Å². The third kappa shape index (κ3) is 3.08. The number of fused-ring (bicyclic) bond motifs is 1. The van der Waals surface area contributed by atoms with Gasteiger partial charge in [-0.1, -0.05) is 18.2 Å². The van der Waals surface area contributed by atoms with E-state index in [1.807, 2.05) is 36.4 Å². The van der Waals surface area contributed by atoms with E-state index in [0.717, 1.165) is 5.75 Å². The van der Waals surface area contributed by atoms with Gasteiger partial charge in [-0.2, -0.15) is 0 Å². The lowest BCUT2D eigenvalue weighted by Gasteiger charge is -2.10. The molecule has 23 heavy (non-hydrogen) atoms. The van der Waals surface area contributed by atoms with E-state index in [-0.39, 0.29) is 12.2 Å². The molecule has 0 unspecified atom stereocenters. The van der Waals surface area contributed by atoms with Crippen LogP contribution in [0.3, 0.4) is 0 Å². The van der Waals surface area contributed by atoms with Gasteiger partial charge in [0.15, 0.2) is 0 Å². The largest absolute Gasteiger partial charge is 0.462 e. The minimum atomic E-state index is -0.478. The van der Waals surface area contributed by atoms with Gasteiger partial charge in [0.05, 0.1) is 17.8 Å². The molecule has 0 spiro atoms. The zero-order valence-electron chi connectivity index (χ0n) is 12.7. The van der Waals surface area contributed by atoms with Crippen molar-refractivity contribution < 1.29 is 14.3 Å². The van der Waals surface area contributed by atoms with E-state index in [0.29, 0.717) is 22.3 Å². The fourth-order valence-electron chi connectivity index (χ4n) is 2.25. The number of ether oxygens (including phenoxy) is 2.